The third-order valence-corrected chi connectivity index (χ3v) is 3.38. The van der Waals surface area contributed by atoms with Crippen molar-refractivity contribution in [1.82, 2.24) is 5.32 Å². The number of hydrogen-bond acceptors (Lipinski definition) is 4. The highest BCUT2D eigenvalue weighted by Crippen LogP contribution is 2.25. The normalized spacial score (nSPS) is 10.2. The topological polar surface area (TPSA) is 71.3 Å². The zero-order chi connectivity index (χ0) is 17.4. The van der Waals surface area contributed by atoms with E-state index in [1.807, 2.05) is 12.1 Å². The molecular formula is C19H18N2O3. The lowest BCUT2D eigenvalue weighted by molar-refractivity contribution is -0.116. The molecule has 0 fully saturated rings. The molecule has 0 radical (unpaired) electrons. The predicted molar refractivity (Wildman–Crippen MR) is 91.6 cm³/mol. The maximum absolute atomic E-state index is 11.9. The van der Waals surface area contributed by atoms with E-state index < -0.39 is 0 Å². The molecule has 0 aromatic heterocycles. The highest BCUT2D eigenvalue weighted by Gasteiger charge is 2.03. The molecule has 1 N–H and O–H groups in total. The van der Waals surface area contributed by atoms with Crippen LogP contribution >= 0.6 is 0 Å². The molecule has 0 spiro atoms. The van der Waals surface area contributed by atoms with Gasteiger partial charge in [-0.15, -0.1) is 0 Å². The van der Waals surface area contributed by atoms with Gasteiger partial charge in [0.2, 0.25) is 5.91 Å². The smallest absolute Gasteiger partial charge is 0.244 e. The molecule has 0 heterocycles. The van der Waals surface area contributed by atoms with Crippen LogP contribution in [0.5, 0.6) is 11.5 Å². The fourth-order valence-electron chi connectivity index (χ4n) is 2.12. The quantitative estimate of drug-likeness (QED) is 0.830. The Balaban J connectivity index is 1.99. The van der Waals surface area contributed by atoms with Gasteiger partial charge in [0.1, 0.15) is 11.5 Å². The van der Waals surface area contributed by atoms with E-state index in [0.29, 0.717) is 23.6 Å². The highest BCUT2D eigenvalue weighted by molar-refractivity contribution is 5.92. The van der Waals surface area contributed by atoms with Gasteiger partial charge in [-0.1, -0.05) is 12.1 Å². The van der Waals surface area contributed by atoms with Crippen LogP contribution in [0.1, 0.15) is 16.7 Å². The molecule has 2 aromatic rings. The maximum Gasteiger partial charge on any atom is 0.244 e. The van der Waals surface area contributed by atoms with Crippen LogP contribution < -0.4 is 14.8 Å². The van der Waals surface area contributed by atoms with Crippen molar-refractivity contribution in [3.63, 3.8) is 0 Å². The largest absolute Gasteiger partial charge is 0.497 e. The molecule has 0 aliphatic carbocycles. The number of nitrogens with zero attached hydrogens (tertiary/aromatic N) is 1. The maximum atomic E-state index is 11.9. The molecule has 0 unspecified atom stereocenters. The van der Waals surface area contributed by atoms with Gasteiger partial charge in [0.05, 0.1) is 25.9 Å². The molecule has 122 valence electrons. The zero-order valence-corrected chi connectivity index (χ0v) is 13.6. The minimum absolute atomic E-state index is 0.227. The molecule has 0 aliphatic rings. The number of nitrogens with one attached hydrogen (secondary N) is 1. The SMILES string of the molecule is COc1ccc(/C=C/C(=O)NCc2cccc(C#N)c2)c(OC)c1. The van der Waals surface area contributed by atoms with Crippen molar-refractivity contribution in [1.29, 1.82) is 5.26 Å². The van der Waals surface area contributed by atoms with Crippen LogP contribution in [0.3, 0.4) is 0 Å². The molecule has 0 saturated carbocycles. The fraction of sp³-hybridized carbons (Fsp3) is 0.158. The van der Waals surface area contributed by atoms with E-state index in [1.165, 1.54) is 6.08 Å². The summed E-state index contributed by atoms with van der Waals surface area (Å²) in [6.45, 7) is 0.360. The van der Waals surface area contributed by atoms with E-state index in [9.17, 15) is 4.79 Å². The lowest BCUT2D eigenvalue weighted by Gasteiger charge is -2.07. The summed E-state index contributed by atoms with van der Waals surface area (Å²) in [5.74, 6) is 1.08. The van der Waals surface area contributed by atoms with Crippen LogP contribution in [0.15, 0.2) is 48.5 Å². The second-order valence-electron chi connectivity index (χ2n) is 4.97. The van der Waals surface area contributed by atoms with Gasteiger partial charge in [0, 0.05) is 24.3 Å². The molecule has 0 aliphatic heterocycles. The van der Waals surface area contributed by atoms with Gasteiger partial charge in [0.15, 0.2) is 0 Å². The average molecular weight is 322 g/mol. The van der Waals surface area contributed by atoms with Crippen LogP contribution in [-0.2, 0) is 11.3 Å². The second kappa shape index (κ2) is 8.39. The number of carbonyl (C=O) groups is 1. The molecule has 2 aromatic carbocycles. The molecular weight excluding hydrogens is 304 g/mol. The van der Waals surface area contributed by atoms with Crippen molar-refractivity contribution in [2.24, 2.45) is 0 Å². The number of nitriles is 1. The van der Waals surface area contributed by atoms with Crippen molar-refractivity contribution in [2.75, 3.05) is 14.2 Å². The van der Waals surface area contributed by atoms with Crippen molar-refractivity contribution in [2.45, 2.75) is 6.54 Å². The van der Waals surface area contributed by atoms with E-state index in [4.69, 9.17) is 14.7 Å². The van der Waals surface area contributed by atoms with Gasteiger partial charge >= 0.3 is 0 Å². The number of amides is 1. The monoisotopic (exact) mass is 322 g/mol. The number of rotatable bonds is 6. The summed E-state index contributed by atoms with van der Waals surface area (Å²) in [6.07, 6.45) is 3.12. The van der Waals surface area contributed by atoms with Gasteiger partial charge in [-0.3, -0.25) is 4.79 Å². The van der Waals surface area contributed by atoms with Gasteiger partial charge < -0.3 is 14.8 Å². The molecule has 0 saturated heterocycles. The Morgan fingerprint density at radius 2 is 2.04 bits per heavy atom. The summed E-state index contributed by atoms with van der Waals surface area (Å²) in [4.78, 5) is 11.9. The lowest BCUT2D eigenvalue weighted by atomic mass is 10.1. The second-order valence-corrected chi connectivity index (χ2v) is 4.97. The van der Waals surface area contributed by atoms with Crippen molar-refractivity contribution in [3.05, 3.63) is 65.2 Å². The Kier molecular flexibility index (Phi) is 5.98. The molecule has 1 amide bonds. The fourth-order valence-corrected chi connectivity index (χ4v) is 2.12. The van der Waals surface area contributed by atoms with Gasteiger partial charge in [-0.25, -0.2) is 0 Å². The zero-order valence-electron chi connectivity index (χ0n) is 13.6. The van der Waals surface area contributed by atoms with Gasteiger partial charge in [-0.05, 0) is 35.9 Å². The Morgan fingerprint density at radius 1 is 1.21 bits per heavy atom. The minimum Gasteiger partial charge on any atom is -0.497 e. The van der Waals surface area contributed by atoms with Crippen LogP contribution in [-0.4, -0.2) is 20.1 Å². The number of carbonyl (C=O) groups excluding carboxylic acids is 1. The number of methoxy groups -OCH3 is 2. The predicted octanol–water partition coefficient (Wildman–Crippen LogP) is 2.91. The third kappa shape index (κ3) is 4.62. The third-order valence-electron chi connectivity index (χ3n) is 3.38. The molecule has 0 atom stereocenters. The summed E-state index contributed by atoms with van der Waals surface area (Å²) in [5, 5.41) is 11.6. The van der Waals surface area contributed by atoms with Crippen molar-refractivity contribution in [3.8, 4) is 17.6 Å². The molecule has 0 bridgehead atoms. The summed E-state index contributed by atoms with van der Waals surface area (Å²) in [6, 6.07) is 14.6. The van der Waals surface area contributed by atoms with Crippen LogP contribution in [0.2, 0.25) is 0 Å². The summed E-state index contributed by atoms with van der Waals surface area (Å²) < 4.78 is 10.4. The van der Waals surface area contributed by atoms with Gasteiger partial charge in [0.25, 0.3) is 0 Å². The summed E-state index contributed by atoms with van der Waals surface area (Å²) >= 11 is 0. The van der Waals surface area contributed by atoms with E-state index >= 15 is 0 Å². The first-order chi connectivity index (χ1) is 11.7. The standard InChI is InChI=1S/C19H18N2O3/c1-23-17-8-6-16(18(11-17)24-2)7-9-19(22)21-13-15-5-3-4-14(10-15)12-20/h3-11H,13H2,1-2H3,(H,21,22)/b9-7+. The van der Waals surface area contributed by atoms with Crippen LogP contribution in [0.4, 0.5) is 0 Å². The van der Waals surface area contributed by atoms with Crippen molar-refractivity contribution >= 4 is 12.0 Å². The number of benzene rings is 2. The average Bonchev–Trinajstić information content (AvgIpc) is 2.64. The van der Waals surface area contributed by atoms with Crippen molar-refractivity contribution < 1.29 is 14.3 Å². The highest BCUT2D eigenvalue weighted by atomic mass is 16.5. The number of ether oxygens (including phenoxy) is 2. The lowest BCUT2D eigenvalue weighted by Crippen LogP contribution is -2.20. The van der Waals surface area contributed by atoms with E-state index in [1.54, 1.807) is 50.6 Å². The first-order valence-corrected chi connectivity index (χ1v) is 7.33. The molecule has 5 heteroatoms. The summed E-state index contributed by atoms with van der Waals surface area (Å²) in [7, 11) is 3.15. The Labute approximate surface area is 141 Å². The minimum atomic E-state index is -0.227. The number of hydrogen-bond donors (Lipinski definition) is 1. The van der Waals surface area contributed by atoms with Crippen LogP contribution in [0.25, 0.3) is 6.08 Å². The van der Waals surface area contributed by atoms with Gasteiger partial charge in [-0.2, -0.15) is 5.26 Å². The summed E-state index contributed by atoms with van der Waals surface area (Å²) in [5.41, 5.74) is 2.22. The van der Waals surface area contributed by atoms with E-state index in [-0.39, 0.29) is 5.91 Å². The van der Waals surface area contributed by atoms with E-state index in [0.717, 1.165) is 11.1 Å². The van der Waals surface area contributed by atoms with E-state index in [2.05, 4.69) is 11.4 Å². The first-order valence-electron chi connectivity index (χ1n) is 7.33. The molecule has 5 nitrogen and oxygen atoms in total. The Morgan fingerprint density at radius 3 is 2.75 bits per heavy atom. The molecule has 24 heavy (non-hydrogen) atoms. The van der Waals surface area contributed by atoms with Crippen LogP contribution in [0, 0.1) is 11.3 Å². The first kappa shape index (κ1) is 17.1. The molecule has 2 rings (SSSR count). The Hall–Kier alpha value is -3.26. The Bertz CT molecular complexity index is 791.